The van der Waals surface area contributed by atoms with E-state index in [9.17, 15) is 0 Å². The van der Waals surface area contributed by atoms with Crippen LogP contribution in [0.2, 0.25) is 0 Å². The molecule has 0 unspecified atom stereocenters. The zero-order valence-corrected chi connectivity index (χ0v) is 9.89. The van der Waals surface area contributed by atoms with Gasteiger partial charge in [-0.1, -0.05) is 0 Å². The summed E-state index contributed by atoms with van der Waals surface area (Å²) in [5, 5.41) is 3.38. The van der Waals surface area contributed by atoms with Gasteiger partial charge in [0.2, 0.25) is 0 Å². The van der Waals surface area contributed by atoms with Gasteiger partial charge in [-0.15, -0.1) is 37.2 Å². The van der Waals surface area contributed by atoms with Crippen molar-refractivity contribution in [3.8, 4) is 0 Å². The number of piperazine rings is 1. The Kier molecular flexibility index (Phi) is 8.84. The zero-order valence-electron chi connectivity index (χ0n) is 7.44. The fourth-order valence-corrected chi connectivity index (χ4v) is 2.00. The topological polar surface area (TPSA) is 41.3 Å². The van der Waals surface area contributed by atoms with Crippen molar-refractivity contribution in [3.63, 3.8) is 0 Å². The molecule has 3 N–H and O–H groups in total. The Morgan fingerprint density at radius 1 is 1.23 bits per heavy atom. The predicted octanol–water partition coefficient (Wildman–Crippen LogP) is 0.257. The average molecular weight is 251 g/mol. The molecule has 2 rings (SSSR count). The third-order valence-electron chi connectivity index (χ3n) is 2.52. The highest BCUT2D eigenvalue weighted by Crippen LogP contribution is 2.16. The van der Waals surface area contributed by atoms with Gasteiger partial charge >= 0.3 is 0 Å². The molecule has 0 saturated carbocycles. The van der Waals surface area contributed by atoms with Crippen LogP contribution in [0.3, 0.4) is 0 Å². The maximum absolute atomic E-state index is 5.82. The summed E-state index contributed by atoms with van der Waals surface area (Å²) in [4.78, 5) is 2.50. The molecule has 0 aromatic heterocycles. The maximum Gasteiger partial charge on any atom is 0.0237 e. The van der Waals surface area contributed by atoms with Crippen LogP contribution in [0.25, 0.3) is 0 Å². The van der Waals surface area contributed by atoms with E-state index in [-0.39, 0.29) is 37.2 Å². The average Bonchev–Trinajstić information content (AvgIpc) is 2.27. The molecule has 13 heavy (non-hydrogen) atoms. The molecule has 0 bridgehead atoms. The van der Waals surface area contributed by atoms with Crippen molar-refractivity contribution in [1.29, 1.82) is 0 Å². The summed E-state index contributed by atoms with van der Waals surface area (Å²) in [6.07, 6.45) is 1.19. The maximum atomic E-state index is 5.82. The number of nitrogens with one attached hydrogen (secondary N) is 1. The SMILES string of the molecule is Cl.Cl.Cl.N[C@@H]1C[C@@H]2CNCCN2C1. The van der Waals surface area contributed by atoms with E-state index in [1.54, 1.807) is 0 Å². The highest BCUT2D eigenvalue weighted by atomic mass is 35.5. The van der Waals surface area contributed by atoms with E-state index in [4.69, 9.17) is 5.73 Å². The van der Waals surface area contributed by atoms with Crippen molar-refractivity contribution in [2.45, 2.75) is 18.5 Å². The Labute approximate surface area is 98.0 Å². The zero-order chi connectivity index (χ0) is 6.97. The van der Waals surface area contributed by atoms with Gasteiger partial charge in [0, 0.05) is 38.3 Å². The van der Waals surface area contributed by atoms with Crippen molar-refractivity contribution < 1.29 is 0 Å². The normalized spacial score (nSPS) is 32.1. The van der Waals surface area contributed by atoms with E-state index in [1.165, 1.54) is 13.0 Å². The fourth-order valence-electron chi connectivity index (χ4n) is 2.00. The molecule has 0 aromatic rings. The van der Waals surface area contributed by atoms with Gasteiger partial charge in [0.05, 0.1) is 0 Å². The lowest BCUT2D eigenvalue weighted by Crippen LogP contribution is -2.47. The van der Waals surface area contributed by atoms with Crippen LogP contribution in [0.15, 0.2) is 0 Å². The van der Waals surface area contributed by atoms with Crippen molar-refractivity contribution in [1.82, 2.24) is 10.2 Å². The quantitative estimate of drug-likeness (QED) is 0.648. The molecule has 2 aliphatic heterocycles. The van der Waals surface area contributed by atoms with Crippen LogP contribution in [0, 0.1) is 0 Å². The summed E-state index contributed by atoms with van der Waals surface area (Å²) >= 11 is 0. The van der Waals surface area contributed by atoms with E-state index in [0.717, 1.165) is 25.7 Å². The minimum absolute atomic E-state index is 0. The van der Waals surface area contributed by atoms with Gasteiger partial charge in [-0.3, -0.25) is 4.90 Å². The van der Waals surface area contributed by atoms with Gasteiger partial charge < -0.3 is 11.1 Å². The van der Waals surface area contributed by atoms with Gasteiger partial charge in [-0.05, 0) is 6.42 Å². The van der Waals surface area contributed by atoms with Crippen LogP contribution in [0.4, 0.5) is 0 Å². The Bertz CT molecular complexity index is 122. The van der Waals surface area contributed by atoms with Gasteiger partial charge in [-0.2, -0.15) is 0 Å². The Balaban J connectivity index is 0. The first kappa shape index (κ1) is 16.2. The van der Waals surface area contributed by atoms with E-state index in [2.05, 4.69) is 10.2 Å². The first-order valence-corrected chi connectivity index (χ1v) is 4.06. The highest BCUT2D eigenvalue weighted by Gasteiger charge is 2.30. The number of fused-ring (bicyclic) bond motifs is 1. The molecule has 0 radical (unpaired) electrons. The number of nitrogens with two attached hydrogens (primary N) is 1. The van der Waals surface area contributed by atoms with Crippen molar-refractivity contribution in [3.05, 3.63) is 0 Å². The third kappa shape index (κ3) is 3.78. The van der Waals surface area contributed by atoms with E-state index in [0.29, 0.717) is 6.04 Å². The number of rotatable bonds is 0. The number of hydrogen-bond acceptors (Lipinski definition) is 3. The summed E-state index contributed by atoms with van der Waals surface area (Å²) in [5.74, 6) is 0. The molecular formula is C7H18Cl3N3. The van der Waals surface area contributed by atoms with Crippen molar-refractivity contribution >= 4 is 37.2 Å². The van der Waals surface area contributed by atoms with Gasteiger partial charge in [0.25, 0.3) is 0 Å². The second-order valence-electron chi connectivity index (χ2n) is 3.35. The number of halogens is 3. The van der Waals surface area contributed by atoms with Crippen molar-refractivity contribution in [2.75, 3.05) is 26.2 Å². The largest absolute Gasteiger partial charge is 0.326 e. The lowest BCUT2D eigenvalue weighted by atomic mass is 10.1. The molecular weight excluding hydrogens is 232 g/mol. The molecule has 2 atom stereocenters. The van der Waals surface area contributed by atoms with Crippen LogP contribution in [-0.2, 0) is 0 Å². The predicted molar refractivity (Wildman–Crippen MR) is 62.6 cm³/mol. The van der Waals surface area contributed by atoms with Gasteiger partial charge in [0.15, 0.2) is 0 Å². The smallest absolute Gasteiger partial charge is 0.0237 e. The molecule has 2 fully saturated rings. The molecule has 0 spiro atoms. The molecule has 0 aromatic carbocycles. The third-order valence-corrected chi connectivity index (χ3v) is 2.52. The first-order chi connectivity index (χ1) is 4.86. The molecule has 82 valence electrons. The van der Waals surface area contributed by atoms with Crippen LogP contribution in [0.5, 0.6) is 0 Å². The molecule has 0 aliphatic carbocycles. The lowest BCUT2D eigenvalue weighted by molar-refractivity contribution is 0.212. The Hall–Kier alpha value is 0.750. The van der Waals surface area contributed by atoms with Crippen LogP contribution in [0.1, 0.15) is 6.42 Å². The number of hydrogen-bond donors (Lipinski definition) is 2. The fraction of sp³-hybridized carbons (Fsp3) is 1.00. The van der Waals surface area contributed by atoms with E-state index in [1.807, 2.05) is 0 Å². The highest BCUT2D eigenvalue weighted by molar-refractivity contribution is 5.86. The monoisotopic (exact) mass is 249 g/mol. The molecule has 6 heteroatoms. The Morgan fingerprint density at radius 2 is 1.92 bits per heavy atom. The lowest BCUT2D eigenvalue weighted by Gasteiger charge is -2.29. The Morgan fingerprint density at radius 3 is 2.54 bits per heavy atom. The molecule has 0 amide bonds. The summed E-state index contributed by atoms with van der Waals surface area (Å²) in [7, 11) is 0. The molecule has 2 aliphatic rings. The van der Waals surface area contributed by atoms with Crippen molar-refractivity contribution in [2.24, 2.45) is 5.73 Å². The van der Waals surface area contributed by atoms with Crippen LogP contribution in [-0.4, -0.2) is 43.2 Å². The number of nitrogens with zero attached hydrogens (tertiary/aromatic N) is 1. The molecule has 3 nitrogen and oxygen atoms in total. The molecule has 2 heterocycles. The van der Waals surface area contributed by atoms with Crippen LogP contribution < -0.4 is 11.1 Å². The van der Waals surface area contributed by atoms with E-state index >= 15 is 0 Å². The second kappa shape index (κ2) is 7.10. The molecule has 2 saturated heterocycles. The summed E-state index contributed by atoms with van der Waals surface area (Å²) in [6, 6.07) is 1.17. The summed E-state index contributed by atoms with van der Waals surface area (Å²) in [6.45, 7) is 4.60. The summed E-state index contributed by atoms with van der Waals surface area (Å²) < 4.78 is 0. The van der Waals surface area contributed by atoms with Gasteiger partial charge in [-0.25, -0.2) is 0 Å². The second-order valence-corrected chi connectivity index (χ2v) is 3.35. The standard InChI is InChI=1S/C7H15N3.3ClH/c8-6-3-7-4-9-1-2-10(7)5-6;;;/h6-7,9H,1-5,8H2;3*1H/t6-,7-;;;/m1.../s1. The van der Waals surface area contributed by atoms with Gasteiger partial charge in [0.1, 0.15) is 0 Å². The van der Waals surface area contributed by atoms with Crippen LogP contribution >= 0.6 is 37.2 Å². The first-order valence-electron chi connectivity index (χ1n) is 4.06. The summed E-state index contributed by atoms with van der Waals surface area (Å²) in [5.41, 5.74) is 5.82. The van der Waals surface area contributed by atoms with E-state index < -0.39 is 0 Å². The minimum Gasteiger partial charge on any atom is -0.326 e. The minimum atomic E-state index is 0.